The van der Waals surface area contributed by atoms with E-state index in [1.54, 1.807) is 36.0 Å². The molecule has 0 aromatic carbocycles. The van der Waals surface area contributed by atoms with Crippen LogP contribution in [-0.4, -0.2) is 43.8 Å². The molecule has 0 unspecified atom stereocenters. The number of thiazole rings is 1. The number of carbonyl (C=O) groups is 1. The van der Waals surface area contributed by atoms with Gasteiger partial charge in [0.2, 0.25) is 5.91 Å². The maximum Gasteiger partial charge on any atom is 0.246 e. The number of anilines is 2. The predicted molar refractivity (Wildman–Crippen MR) is 123 cm³/mol. The lowest BCUT2D eigenvalue weighted by molar-refractivity contribution is -0.127. The summed E-state index contributed by atoms with van der Waals surface area (Å²) in [6.45, 7) is 5.51. The molecule has 1 fully saturated rings. The molecule has 0 spiro atoms. The van der Waals surface area contributed by atoms with E-state index in [4.69, 9.17) is 0 Å². The minimum Gasteiger partial charge on any atom is -0.339 e. The van der Waals surface area contributed by atoms with Crippen molar-refractivity contribution in [3.8, 4) is 0 Å². The second kappa shape index (κ2) is 9.78. The van der Waals surface area contributed by atoms with Crippen LogP contribution in [0, 0.1) is 19.8 Å². The Balaban J connectivity index is 1.36. The Bertz CT molecular complexity index is 1080. The van der Waals surface area contributed by atoms with Gasteiger partial charge in [-0.05, 0) is 56.7 Å². The Hall–Kier alpha value is -3.13. The lowest BCUT2D eigenvalue weighted by atomic mass is 9.93. The summed E-state index contributed by atoms with van der Waals surface area (Å²) in [7, 11) is 0. The van der Waals surface area contributed by atoms with E-state index in [1.165, 1.54) is 0 Å². The van der Waals surface area contributed by atoms with Gasteiger partial charge in [-0.1, -0.05) is 6.07 Å². The Morgan fingerprint density at radius 3 is 3.03 bits per heavy atom. The number of pyridine rings is 1. The minimum absolute atomic E-state index is 0.0472. The quantitative estimate of drug-likeness (QED) is 0.586. The molecule has 1 amide bonds. The van der Waals surface area contributed by atoms with Gasteiger partial charge in [0, 0.05) is 42.5 Å². The van der Waals surface area contributed by atoms with Crippen LogP contribution in [0.3, 0.4) is 0 Å². The number of aryl methyl sites for hydroxylation is 2. The van der Waals surface area contributed by atoms with Crippen molar-refractivity contribution in [3.05, 3.63) is 64.1 Å². The van der Waals surface area contributed by atoms with Gasteiger partial charge < -0.3 is 10.2 Å². The molecule has 4 rings (SSSR count). The second-order valence-electron chi connectivity index (χ2n) is 7.81. The number of piperidine rings is 1. The van der Waals surface area contributed by atoms with Crippen molar-refractivity contribution in [2.75, 3.05) is 18.4 Å². The molecule has 1 aliphatic rings. The van der Waals surface area contributed by atoms with Crippen LogP contribution in [0.1, 0.15) is 34.8 Å². The number of hydrogen-bond acceptors (Lipinski definition) is 7. The molecule has 1 atom stereocenters. The molecular formula is C23H26N6OS. The van der Waals surface area contributed by atoms with Crippen LogP contribution in [-0.2, 0) is 11.2 Å². The number of nitrogens with one attached hydrogen (secondary N) is 1. The Kier molecular flexibility index (Phi) is 6.66. The third kappa shape index (κ3) is 5.73. The van der Waals surface area contributed by atoms with Crippen molar-refractivity contribution in [3.63, 3.8) is 0 Å². The summed E-state index contributed by atoms with van der Waals surface area (Å²) in [5.41, 5.74) is 2.87. The maximum atomic E-state index is 12.6. The number of hydrogen-bond donors (Lipinski definition) is 1. The highest BCUT2D eigenvalue weighted by Crippen LogP contribution is 2.22. The number of carbonyl (C=O) groups excluding carboxylic acids is 1. The summed E-state index contributed by atoms with van der Waals surface area (Å²) in [4.78, 5) is 32.1. The monoisotopic (exact) mass is 434 g/mol. The molecule has 0 radical (unpaired) electrons. The smallest absolute Gasteiger partial charge is 0.246 e. The zero-order chi connectivity index (χ0) is 21.6. The third-order valence-electron chi connectivity index (χ3n) is 5.34. The molecule has 0 bridgehead atoms. The molecule has 1 aliphatic heterocycles. The van der Waals surface area contributed by atoms with Crippen molar-refractivity contribution in [2.24, 2.45) is 5.92 Å². The van der Waals surface area contributed by atoms with E-state index in [9.17, 15) is 4.79 Å². The van der Waals surface area contributed by atoms with Crippen LogP contribution in [0.25, 0.3) is 6.08 Å². The normalized spacial score (nSPS) is 16.6. The van der Waals surface area contributed by atoms with Crippen molar-refractivity contribution < 1.29 is 4.79 Å². The van der Waals surface area contributed by atoms with Gasteiger partial charge in [0.1, 0.15) is 18.0 Å². The fourth-order valence-corrected chi connectivity index (χ4v) is 4.34. The summed E-state index contributed by atoms with van der Waals surface area (Å²) in [5, 5.41) is 6.24. The summed E-state index contributed by atoms with van der Waals surface area (Å²) in [6, 6.07) is 5.89. The van der Waals surface area contributed by atoms with Gasteiger partial charge in [0.15, 0.2) is 0 Å². The van der Waals surface area contributed by atoms with Crippen LogP contribution < -0.4 is 5.32 Å². The first-order valence-electron chi connectivity index (χ1n) is 10.5. The van der Waals surface area contributed by atoms with Crippen LogP contribution in [0.4, 0.5) is 11.6 Å². The highest BCUT2D eigenvalue weighted by Gasteiger charge is 2.23. The Morgan fingerprint density at radius 1 is 1.32 bits per heavy atom. The van der Waals surface area contributed by atoms with Gasteiger partial charge in [-0.2, -0.15) is 0 Å². The first-order valence-corrected chi connectivity index (χ1v) is 11.3. The molecule has 1 saturated heterocycles. The third-order valence-corrected chi connectivity index (χ3v) is 6.13. The first kappa shape index (κ1) is 21.1. The van der Waals surface area contributed by atoms with Crippen molar-refractivity contribution in [1.82, 2.24) is 24.8 Å². The molecular weight excluding hydrogens is 408 g/mol. The van der Waals surface area contributed by atoms with Crippen molar-refractivity contribution in [2.45, 2.75) is 33.1 Å². The van der Waals surface area contributed by atoms with Gasteiger partial charge in [0.05, 0.1) is 10.7 Å². The molecule has 160 valence electrons. The fourth-order valence-electron chi connectivity index (χ4n) is 3.76. The number of aromatic nitrogens is 4. The maximum absolute atomic E-state index is 12.6. The van der Waals surface area contributed by atoms with E-state index in [1.807, 2.05) is 42.3 Å². The summed E-state index contributed by atoms with van der Waals surface area (Å²) in [6.07, 6.45) is 9.69. The Morgan fingerprint density at radius 2 is 2.23 bits per heavy atom. The molecule has 3 aromatic heterocycles. The van der Waals surface area contributed by atoms with Crippen LogP contribution in [0.5, 0.6) is 0 Å². The fraction of sp³-hybridized carbons (Fsp3) is 0.348. The zero-order valence-electron chi connectivity index (χ0n) is 17.8. The topological polar surface area (TPSA) is 83.9 Å². The average molecular weight is 435 g/mol. The molecule has 3 aromatic rings. The molecule has 4 heterocycles. The van der Waals surface area contributed by atoms with Crippen LogP contribution >= 0.6 is 11.3 Å². The lowest BCUT2D eigenvalue weighted by Crippen LogP contribution is -2.39. The summed E-state index contributed by atoms with van der Waals surface area (Å²) < 4.78 is 0. The molecule has 1 N–H and O–H groups in total. The number of rotatable bonds is 6. The minimum atomic E-state index is 0.0472. The Labute approximate surface area is 186 Å². The molecule has 8 heteroatoms. The summed E-state index contributed by atoms with van der Waals surface area (Å²) >= 11 is 1.59. The SMILES string of the molecule is Cc1nc(/C=C/C(=O)N2CCC[C@@H](Cc3cc(Nc4ncccc4C)ncn3)C2)cs1. The van der Waals surface area contributed by atoms with Gasteiger partial charge in [0.25, 0.3) is 0 Å². The molecule has 0 aliphatic carbocycles. The highest BCUT2D eigenvalue weighted by atomic mass is 32.1. The van der Waals surface area contributed by atoms with E-state index >= 15 is 0 Å². The average Bonchev–Trinajstić information content (AvgIpc) is 3.19. The van der Waals surface area contributed by atoms with E-state index in [0.717, 1.165) is 65.9 Å². The molecule has 0 saturated carbocycles. The number of likely N-dealkylation sites (tertiary alicyclic amines) is 1. The van der Waals surface area contributed by atoms with E-state index < -0.39 is 0 Å². The largest absolute Gasteiger partial charge is 0.339 e. The summed E-state index contributed by atoms with van der Waals surface area (Å²) in [5.74, 6) is 1.96. The highest BCUT2D eigenvalue weighted by molar-refractivity contribution is 7.09. The van der Waals surface area contributed by atoms with Crippen molar-refractivity contribution in [1.29, 1.82) is 0 Å². The lowest BCUT2D eigenvalue weighted by Gasteiger charge is -2.32. The molecule has 31 heavy (non-hydrogen) atoms. The second-order valence-corrected chi connectivity index (χ2v) is 8.87. The number of amides is 1. The van der Waals surface area contributed by atoms with E-state index in [-0.39, 0.29) is 5.91 Å². The predicted octanol–water partition coefficient (Wildman–Crippen LogP) is 4.18. The van der Waals surface area contributed by atoms with Gasteiger partial charge in [-0.25, -0.2) is 19.9 Å². The van der Waals surface area contributed by atoms with Crippen LogP contribution in [0.2, 0.25) is 0 Å². The molecule has 7 nitrogen and oxygen atoms in total. The van der Waals surface area contributed by atoms with Crippen LogP contribution in [0.15, 0.2) is 42.2 Å². The zero-order valence-corrected chi connectivity index (χ0v) is 18.6. The van der Waals surface area contributed by atoms with E-state index in [2.05, 4.69) is 25.3 Å². The van der Waals surface area contributed by atoms with Gasteiger partial charge >= 0.3 is 0 Å². The first-order chi connectivity index (χ1) is 15.1. The van der Waals surface area contributed by atoms with E-state index in [0.29, 0.717) is 5.92 Å². The standard InChI is InChI=1S/C23H26N6OS/c1-16-5-3-9-24-23(16)28-21-12-20(25-15-26-21)11-18-6-4-10-29(13-18)22(30)8-7-19-14-31-17(2)27-19/h3,5,7-9,12,14-15,18H,4,6,10-11,13H2,1-2H3,(H,24,25,26,28)/b8-7+/t18-/m0/s1. The van der Waals surface area contributed by atoms with Crippen molar-refractivity contribution >= 4 is 35.0 Å². The number of nitrogens with zero attached hydrogens (tertiary/aromatic N) is 5. The van der Waals surface area contributed by atoms with Gasteiger partial charge in [-0.15, -0.1) is 11.3 Å². The van der Waals surface area contributed by atoms with Gasteiger partial charge in [-0.3, -0.25) is 4.79 Å².